The Balaban J connectivity index is 1.02. The van der Waals surface area contributed by atoms with Gasteiger partial charge in [0.05, 0.1) is 11.0 Å². The van der Waals surface area contributed by atoms with Crippen molar-refractivity contribution in [2.75, 3.05) is 0 Å². The summed E-state index contributed by atoms with van der Waals surface area (Å²) in [5.41, 5.74) is 2.90. The fraction of sp³-hybridized carbons (Fsp3) is 0. The molecule has 0 bridgehead atoms. The Morgan fingerprint density at radius 2 is 0.607 bits per heavy atom. The number of fused-ring (bicyclic) bond motifs is 3. The fourth-order valence-electron chi connectivity index (χ4n) is 8.16. The number of hydrogen-bond donors (Lipinski definition) is 0. The Morgan fingerprint density at radius 3 is 0.967 bits per heavy atom. The van der Waals surface area contributed by atoms with Crippen LogP contribution in [0.2, 0.25) is 0 Å². The van der Waals surface area contributed by atoms with Gasteiger partial charge >= 0.3 is 0 Å². The van der Waals surface area contributed by atoms with Crippen LogP contribution in [0, 0.1) is 0 Å². The summed E-state index contributed by atoms with van der Waals surface area (Å²) in [5.74, 6) is 2.48. The van der Waals surface area contributed by atoms with Crippen LogP contribution in [0.1, 0.15) is 0 Å². The molecule has 0 spiro atoms. The van der Waals surface area contributed by atoms with Crippen LogP contribution in [0.5, 0.6) is 23.0 Å². The molecule has 5 nitrogen and oxygen atoms in total. The van der Waals surface area contributed by atoms with E-state index in [0.717, 1.165) is 48.7 Å². The molecular weight excluding hydrogens is 789 g/mol. The van der Waals surface area contributed by atoms with Crippen molar-refractivity contribution in [3.63, 3.8) is 0 Å². The van der Waals surface area contributed by atoms with E-state index in [4.69, 9.17) is 9.47 Å². The average Bonchev–Trinajstić information content (AvgIpc) is 3.65. The van der Waals surface area contributed by atoms with E-state index < -0.39 is 14.3 Å². The Bertz CT molecular complexity index is 2960. The lowest BCUT2D eigenvalue weighted by molar-refractivity contribution is 0.483. The van der Waals surface area contributed by atoms with Gasteiger partial charge in [-0.05, 0) is 60.7 Å². The first-order valence-electron chi connectivity index (χ1n) is 20.1. The number of hydrogen-bond acceptors (Lipinski definition) is 4. The normalized spacial score (nSPS) is 11.7. The van der Waals surface area contributed by atoms with E-state index in [1.54, 1.807) is 0 Å². The Morgan fingerprint density at radius 1 is 0.295 bits per heavy atom. The molecule has 7 heteroatoms. The molecule has 10 aromatic rings. The highest BCUT2D eigenvalue weighted by molar-refractivity contribution is 7.85. The third-order valence-electron chi connectivity index (χ3n) is 11.0. The lowest BCUT2D eigenvalue weighted by Gasteiger charge is -2.20. The van der Waals surface area contributed by atoms with Gasteiger partial charge < -0.3 is 23.2 Å². The summed E-state index contributed by atoms with van der Waals surface area (Å²) < 4.78 is 45.7. The highest BCUT2D eigenvalue weighted by atomic mass is 31.2. The maximum atomic E-state index is 15.1. The van der Waals surface area contributed by atoms with E-state index in [1.165, 1.54) is 0 Å². The molecule has 294 valence electrons. The standard InChI is InChI=1S/C54H39NO4P2/c56-60(45-22-8-2-9-23-45,46-24-10-3-11-25-46)49-30-16-20-41(36-49)58-43-32-34-51-52-35-33-44(39-54(52)55(53(51)38-43)40-18-6-1-7-19-40)59-42-21-17-31-50(37-42)61(57,47-26-12-4-13-27-47)48-28-14-5-15-29-48/h1-39H. The van der Waals surface area contributed by atoms with Gasteiger partial charge in [0.1, 0.15) is 23.0 Å². The fourth-order valence-corrected chi connectivity index (χ4v) is 13.5. The maximum Gasteiger partial charge on any atom is 0.171 e. The summed E-state index contributed by atoms with van der Waals surface area (Å²) in [6.45, 7) is 0. The second-order valence-corrected chi connectivity index (χ2v) is 20.3. The molecule has 1 aromatic heterocycles. The van der Waals surface area contributed by atoms with Crippen molar-refractivity contribution in [1.82, 2.24) is 4.57 Å². The molecule has 0 aliphatic rings. The zero-order chi connectivity index (χ0) is 41.2. The van der Waals surface area contributed by atoms with Crippen molar-refractivity contribution >= 4 is 67.9 Å². The van der Waals surface area contributed by atoms with Crippen LogP contribution in [0.3, 0.4) is 0 Å². The third kappa shape index (κ3) is 7.09. The minimum Gasteiger partial charge on any atom is -0.457 e. The van der Waals surface area contributed by atoms with Crippen molar-refractivity contribution in [2.45, 2.75) is 0 Å². The zero-order valence-electron chi connectivity index (χ0n) is 33.0. The van der Waals surface area contributed by atoms with Crippen LogP contribution in [-0.2, 0) is 9.13 Å². The van der Waals surface area contributed by atoms with Crippen molar-refractivity contribution in [2.24, 2.45) is 0 Å². The van der Waals surface area contributed by atoms with E-state index in [9.17, 15) is 0 Å². The quantitative estimate of drug-likeness (QED) is 0.122. The predicted octanol–water partition coefficient (Wildman–Crippen LogP) is 11.6. The third-order valence-corrected chi connectivity index (χ3v) is 17.2. The van der Waals surface area contributed by atoms with E-state index in [2.05, 4.69) is 41.0 Å². The van der Waals surface area contributed by atoms with Gasteiger partial charge in [-0.2, -0.15) is 0 Å². The summed E-state index contributed by atoms with van der Waals surface area (Å²) >= 11 is 0. The molecule has 0 radical (unpaired) electrons. The predicted molar refractivity (Wildman–Crippen MR) is 253 cm³/mol. The lowest BCUT2D eigenvalue weighted by Crippen LogP contribution is -2.24. The SMILES string of the molecule is O=P(c1ccccc1)(c1ccccc1)c1cccc(Oc2ccc3c4ccc(Oc5cccc(P(=O)(c6ccccc6)c6ccccc6)c5)cc4n(-c4ccccc4)c3c2)c1. The number of benzene rings is 9. The molecule has 9 aromatic carbocycles. The van der Waals surface area contributed by atoms with Crippen molar-refractivity contribution in [3.8, 4) is 28.7 Å². The molecule has 0 amide bonds. The van der Waals surface area contributed by atoms with Gasteiger partial charge in [-0.3, -0.25) is 0 Å². The molecule has 0 saturated heterocycles. The Labute approximate surface area is 354 Å². The molecular formula is C54H39NO4P2. The summed E-state index contributed by atoms with van der Waals surface area (Å²) in [4.78, 5) is 0. The summed E-state index contributed by atoms with van der Waals surface area (Å²) in [6.07, 6.45) is 0. The van der Waals surface area contributed by atoms with Gasteiger partial charge in [-0.25, -0.2) is 0 Å². The summed E-state index contributed by atoms with van der Waals surface area (Å²) in [5, 5.41) is 6.57. The van der Waals surface area contributed by atoms with E-state index >= 15 is 9.13 Å². The first kappa shape index (κ1) is 38.1. The van der Waals surface area contributed by atoms with Crippen LogP contribution >= 0.6 is 14.3 Å². The van der Waals surface area contributed by atoms with Gasteiger partial charge in [0.15, 0.2) is 14.3 Å². The molecule has 0 aliphatic carbocycles. The molecule has 1 heterocycles. The maximum absolute atomic E-state index is 15.1. The second kappa shape index (κ2) is 16.1. The minimum atomic E-state index is -3.19. The number of aromatic nitrogens is 1. The number of nitrogens with zero attached hydrogens (tertiary/aromatic N) is 1. The Kier molecular flexibility index (Phi) is 10.1. The van der Waals surface area contributed by atoms with Crippen molar-refractivity contribution in [1.29, 1.82) is 0 Å². The smallest absolute Gasteiger partial charge is 0.171 e. The first-order chi connectivity index (χ1) is 30.0. The number of ether oxygens (including phenoxy) is 2. The monoisotopic (exact) mass is 827 g/mol. The topological polar surface area (TPSA) is 57.5 Å². The molecule has 0 saturated carbocycles. The zero-order valence-corrected chi connectivity index (χ0v) is 34.8. The van der Waals surface area contributed by atoms with E-state index in [1.807, 2.05) is 200 Å². The van der Waals surface area contributed by atoms with Crippen LogP contribution in [-0.4, -0.2) is 4.57 Å². The molecule has 0 aliphatic heterocycles. The van der Waals surface area contributed by atoms with E-state index in [0.29, 0.717) is 33.6 Å². The summed E-state index contributed by atoms with van der Waals surface area (Å²) in [7, 11) is -6.39. The highest BCUT2D eigenvalue weighted by Gasteiger charge is 2.31. The highest BCUT2D eigenvalue weighted by Crippen LogP contribution is 2.45. The van der Waals surface area contributed by atoms with Crippen LogP contribution in [0.4, 0.5) is 0 Å². The Hall–Kier alpha value is -7.16. The second-order valence-electron chi connectivity index (χ2n) is 14.8. The van der Waals surface area contributed by atoms with Gasteiger partial charge in [0, 0.05) is 60.4 Å². The van der Waals surface area contributed by atoms with Crippen molar-refractivity contribution < 1.29 is 18.6 Å². The molecule has 0 N–H and O–H groups in total. The van der Waals surface area contributed by atoms with Crippen LogP contribution < -0.4 is 41.3 Å². The number of rotatable bonds is 11. The average molecular weight is 828 g/mol. The minimum absolute atomic E-state index is 0.591. The van der Waals surface area contributed by atoms with Crippen molar-refractivity contribution in [3.05, 3.63) is 237 Å². The van der Waals surface area contributed by atoms with Crippen LogP contribution in [0.15, 0.2) is 237 Å². The number of para-hydroxylation sites is 1. The van der Waals surface area contributed by atoms with Gasteiger partial charge in [0.25, 0.3) is 0 Å². The summed E-state index contributed by atoms with van der Waals surface area (Å²) in [6, 6.07) is 76.4. The van der Waals surface area contributed by atoms with Gasteiger partial charge in [-0.15, -0.1) is 0 Å². The first-order valence-corrected chi connectivity index (χ1v) is 23.5. The lowest BCUT2D eigenvalue weighted by atomic mass is 10.1. The molecule has 0 unspecified atom stereocenters. The molecule has 61 heavy (non-hydrogen) atoms. The van der Waals surface area contributed by atoms with Crippen LogP contribution in [0.25, 0.3) is 27.5 Å². The molecule has 10 rings (SSSR count). The van der Waals surface area contributed by atoms with Gasteiger partial charge in [0.2, 0.25) is 0 Å². The molecule has 0 atom stereocenters. The molecule has 0 fully saturated rings. The largest absolute Gasteiger partial charge is 0.457 e. The van der Waals surface area contributed by atoms with E-state index in [-0.39, 0.29) is 0 Å². The van der Waals surface area contributed by atoms with Gasteiger partial charge in [-0.1, -0.05) is 164 Å².